The molecule has 74 valence electrons. The molecule has 0 radical (unpaired) electrons. The number of hydrogen-bond donors (Lipinski definition) is 0. The first kappa shape index (κ1) is 9.41. The van der Waals surface area contributed by atoms with Gasteiger partial charge in [0.15, 0.2) is 0 Å². The lowest BCUT2D eigenvalue weighted by Gasteiger charge is -2.30. The van der Waals surface area contributed by atoms with Crippen molar-refractivity contribution in [3.8, 4) is 5.75 Å². The molecule has 0 spiro atoms. The Kier molecular flexibility index (Phi) is 2.64. The molecule has 3 heteroatoms. The van der Waals surface area contributed by atoms with Crippen molar-refractivity contribution in [3.63, 3.8) is 0 Å². The zero-order valence-corrected chi connectivity index (χ0v) is 8.63. The van der Waals surface area contributed by atoms with Crippen LogP contribution in [0.4, 0.5) is 5.69 Å². The molecule has 0 fully saturated rings. The van der Waals surface area contributed by atoms with Gasteiger partial charge in [0.05, 0.1) is 17.3 Å². The lowest BCUT2D eigenvalue weighted by Crippen LogP contribution is -2.32. The highest BCUT2D eigenvalue weighted by Crippen LogP contribution is 2.37. The molecule has 0 saturated carbocycles. The first-order valence-electron chi connectivity index (χ1n) is 4.60. The first-order valence-corrected chi connectivity index (χ1v) is 4.98. The van der Waals surface area contributed by atoms with Gasteiger partial charge in [-0.15, -0.1) is 6.58 Å². The summed E-state index contributed by atoms with van der Waals surface area (Å²) in [7, 11) is 0. The zero-order chi connectivity index (χ0) is 9.97. The third kappa shape index (κ3) is 1.58. The highest BCUT2D eigenvalue weighted by atomic mass is 35.5. The third-order valence-electron chi connectivity index (χ3n) is 2.23. The number of rotatable bonds is 2. The van der Waals surface area contributed by atoms with Gasteiger partial charge in [0, 0.05) is 6.54 Å². The van der Waals surface area contributed by atoms with Crippen LogP contribution < -0.4 is 9.64 Å². The van der Waals surface area contributed by atoms with Gasteiger partial charge in [0.2, 0.25) is 0 Å². The average molecular weight is 210 g/mol. The van der Waals surface area contributed by atoms with Crippen LogP contribution in [0.25, 0.3) is 0 Å². The van der Waals surface area contributed by atoms with E-state index >= 15 is 0 Å². The number of anilines is 1. The highest BCUT2D eigenvalue weighted by molar-refractivity contribution is 6.33. The van der Waals surface area contributed by atoms with E-state index in [9.17, 15) is 0 Å². The number of halogens is 1. The molecule has 1 aromatic carbocycles. The Morgan fingerprint density at radius 2 is 2.43 bits per heavy atom. The van der Waals surface area contributed by atoms with E-state index in [1.165, 1.54) is 0 Å². The second kappa shape index (κ2) is 3.93. The lowest BCUT2D eigenvalue weighted by atomic mass is 10.2. The Labute approximate surface area is 88.7 Å². The lowest BCUT2D eigenvalue weighted by molar-refractivity contribution is 0.309. The van der Waals surface area contributed by atoms with Crippen LogP contribution in [-0.4, -0.2) is 19.7 Å². The fourth-order valence-corrected chi connectivity index (χ4v) is 1.92. The minimum Gasteiger partial charge on any atom is -0.490 e. The van der Waals surface area contributed by atoms with Gasteiger partial charge < -0.3 is 9.64 Å². The van der Waals surface area contributed by atoms with Crippen molar-refractivity contribution >= 4 is 17.3 Å². The summed E-state index contributed by atoms with van der Waals surface area (Å²) in [4.78, 5) is 2.17. The van der Waals surface area contributed by atoms with Gasteiger partial charge in [-0.2, -0.15) is 0 Å². The second-order valence-electron chi connectivity index (χ2n) is 3.17. The molecule has 0 unspecified atom stereocenters. The predicted octanol–water partition coefficient (Wildman–Crippen LogP) is 2.72. The minimum atomic E-state index is 0.710. The number of fused-ring (bicyclic) bond motifs is 1. The van der Waals surface area contributed by atoms with Crippen molar-refractivity contribution in [2.75, 3.05) is 24.6 Å². The summed E-state index contributed by atoms with van der Waals surface area (Å²) in [6.07, 6.45) is 1.87. The highest BCUT2D eigenvalue weighted by Gasteiger charge is 2.19. The quantitative estimate of drug-likeness (QED) is 0.695. The van der Waals surface area contributed by atoms with Gasteiger partial charge in [-0.25, -0.2) is 0 Å². The monoisotopic (exact) mass is 209 g/mol. The van der Waals surface area contributed by atoms with Crippen molar-refractivity contribution in [2.24, 2.45) is 0 Å². The number of ether oxygens (including phenoxy) is 1. The second-order valence-corrected chi connectivity index (χ2v) is 3.58. The summed E-state index contributed by atoms with van der Waals surface area (Å²) in [5.74, 6) is 0.866. The molecule has 0 atom stereocenters. The Hall–Kier alpha value is -1.15. The van der Waals surface area contributed by atoms with Crippen LogP contribution in [-0.2, 0) is 0 Å². The van der Waals surface area contributed by atoms with Crippen LogP contribution >= 0.6 is 11.6 Å². The van der Waals surface area contributed by atoms with Crippen molar-refractivity contribution in [1.82, 2.24) is 0 Å². The molecule has 1 aliphatic rings. The molecule has 1 aliphatic heterocycles. The molecule has 1 heterocycles. The molecule has 0 bridgehead atoms. The van der Waals surface area contributed by atoms with Gasteiger partial charge in [0.1, 0.15) is 12.4 Å². The van der Waals surface area contributed by atoms with Crippen molar-refractivity contribution in [1.29, 1.82) is 0 Å². The molecular weight excluding hydrogens is 198 g/mol. The van der Waals surface area contributed by atoms with Crippen molar-refractivity contribution in [2.45, 2.75) is 0 Å². The summed E-state index contributed by atoms with van der Waals surface area (Å²) < 4.78 is 5.52. The van der Waals surface area contributed by atoms with Gasteiger partial charge in [-0.3, -0.25) is 0 Å². The van der Waals surface area contributed by atoms with Crippen molar-refractivity contribution in [3.05, 3.63) is 35.9 Å². The SMILES string of the molecule is C=CCN1CCOc2cccc(Cl)c21. The van der Waals surface area contributed by atoms with E-state index in [-0.39, 0.29) is 0 Å². The maximum absolute atomic E-state index is 6.12. The predicted molar refractivity (Wildman–Crippen MR) is 59.4 cm³/mol. The van der Waals surface area contributed by atoms with Gasteiger partial charge in [-0.05, 0) is 12.1 Å². The summed E-state index contributed by atoms with van der Waals surface area (Å²) in [6.45, 7) is 6.11. The smallest absolute Gasteiger partial charge is 0.144 e. The summed E-state index contributed by atoms with van der Waals surface area (Å²) in [5, 5.41) is 0.740. The van der Waals surface area contributed by atoms with Gasteiger partial charge in [0.25, 0.3) is 0 Å². The number of benzene rings is 1. The Balaban J connectivity index is 2.41. The summed E-state index contributed by atoms with van der Waals surface area (Å²) in [6, 6.07) is 5.72. The molecule has 0 amide bonds. The molecule has 0 aliphatic carbocycles. The van der Waals surface area contributed by atoms with E-state index in [1.807, 2.05) is 24.3 Å². The average Bonchev–Trinajstić information content (AvgIpc) is 2.19. The molecule has 2 nitrogen and oxygen atoms in total. The number of nitrogens with zero attached hydrogens (tertiary/aromatic N) is 1. The fourth-order valence-electron chi connectivity index (χ4n) is 1.63. The van der Waals surface area contributed by atoms with Crippen LogP contribution in [0, 0.1) is 0 Å². The minimum absolute atomic E-state index is 0.710. The van der Waals surface area contributed by atoms with E-state index in [1.54, 1.807) is 0 Å². The van der Waals surface area contributed by atoms with Crippen LogP contribution in [0.2, 0.25) is 5.02 Å². The molecule has 0 N–H and O–H groups in total. The molecular formula is C11H12ClNO. The fraction of sp³-hybridized carbons (Fsp3) is 0.273. The zero-order valence-electron chi connectivity index (χ0n) is 7.87. The summed E-state index contributed by atoms with van der Waals surface area (Å²) >= 11 is 6.12. The Bertz CT molecular complexity index is 351. The van der Waals surface area contributed by atoms with Crippen LogP contribution in [0.5, 0.6) is 5.75 Å². The molecule has 0 saturated heterocycles. The molecule has 2 rings (SSSR count). The van der Waals surface area contributed by atoms with E-state index in [0.29, 0.717) is 6.61 Å². The number of para-hydroxylation sites is 1. The van der Waals surface area contributed by atoms with E-state index in [4.69, 9.17) is 16.3 Å². The van der Waals surface area contributed by atoms with E-state index in [0.717, 1.165) is 29.5 Å². The molecule has 0 aromatic heterocycles. The Morgan fingerprint density at radius 1 is 1.57 bits per heavy atom. The van der Waals surface area contributed by atoms with Crippen LogP contribution in [0.1, 0.15) is 0 Å². The first-order chi connectivity index (χ1) is 6.83. The topological polar surface area (TPSA) is 12.5 Å². The Morgan fingerprint density at radius 3 is 3.21 bits per heavy atom. The summed E-state index contributed by atoms with van der Waals surface area (Å²) in [5.41, 5.74) is 0.986. The van der Waals surface area contributed by atoms with Crippen molar-refractivity contribution < 1.29 is 4.74 Å². The maximum atomic E-state index is 6.12. The van der Waals surface area contributed by atoms with Gasteiger partial charge >= 0.3 is 0 Å². The standard InChI is InChI=1S/C11H12ClNO/c1-2-6-13-7-8-14-10-5-3-4-9(12)11(10)13/h2-5H,1,6-8H2. The van der Waals surface area contributed by atoms with E-state index in [2.05, 4.69) is 11.5 Å². The molecule has 1 aromatic rings. The number of hydrogen-bond acceptors (Lipinski definition) is 2. The van der Waals surface area contributed by atoms with Gasteiger partial charge in [-0.1, -0.05) is 23.7 Å². The maximum Gasteiger partial charge on any atom is 0.144 e. The van der Waals surface area contributed by atoms with Crippen LogP contribution in [0.15, 0.2) is 30.9 Å². The molecule has 14 heavy (non-hydrogen) atoms. The largest absolute Gasteiger partial charge is 0.490 e. The van der Waals surface area contributed by atoms with Crippen LogP contribution in [0.3, 0.4) is 0 Å². The van der Waals surface area contributed by atoms with E-state index < -0.39 is 0 Å². The normalized spacial score (nSPS) is 14.5. The third-order valence-corrected chi connectivity index (χ3v) is 2.54.